The Labute approximate surface area is 309 Å². The molecule has 0 radical (unpaired) electrons. The van der Waals surface area contributed by atoms with Crippen molar-refractivity contribution in [1.29, 1.82) is 0 Å². The molecule has 3 aliphatic heterocycles. The highest BCUT2D eigenvalue weighted by Crippen LogP contribution is 2.70. The second kappa shape index (κ2) is 14.3. The Bertz CT molecular complexity index is 1420. The highest BCUT2D eigenvalue weighted by molar-refractivity contribution is 5.85. The van der Waals surface area contributed by atoms with E-state index in [1.54, 1.807) is 13.0 Å². The molecule has 6 N–H and O–H groups in total. The minimum atomic E-state index is -1.66. The van der Waals surface area contributed by atoms with E-state index in [4.69, 9.17) is 33.2 Å². The van der Waals surface area contributed by atoms with Gasteiger partial charge in [0.25, 0.3) is 0 Å². The minimum absolute atomic E-state index is 0.00609. The molecule has 53 heavy (non-hydrogen) atoms. The fourth-order valence-corrected chi connectivity index (χ4v) is 11.9. The lowest BCUT2D eigenvalue weighted by Crippen LogP contribution is -2.68. The number of cyclic esters (lactones) is 1. The zero-order valence-electron chi connectivity index (χ0n) is 31.3. The van der Waals surface area contributed by atoms with E-state index in [2.05, 4.69) is 13.8 Å². The molecule has 0 spiro atoms. The van der Waals surface area contributed by atoms with Gasteiger partial charge < -0.3 is 63.8 Å². The molecule has 4 aliphatic carbocycles. The number of carbonyl (C=O) groups is 2. The van der Waals surface area contributed by atoms with Crippen LogP contribution < -0.4 is 0 Å². The maximum Gasteiger partial charge on any atom is 0.331 e. The van der Waals surface area contributed by atoms with Crippen molar-refractivity contribution < 1.29 is 73.4 Å². The maximum atomic E-state index is 12.6. The van der Waals surface area contributed by atoms with Crippen molar-refractivity contribution >= 4 is 11.9 Å². The molecule has 0 aromatic carbocycles. The van der Waals surface area contributed by atoms with Crippen LogP contribution in [0.25, 0.3) is 0 Å². The first-order valence-corrected chi connectivity index (χ1v) is 19.3. The minimum Gasteiger partial charge on any atom is -0.458 e. The number of aliphatic hydroxyl groups is 6. The summed E-state index contributed by atoms with van der Waals surface area (Å²) < 4.78 is 41.3. The summed E-state index contributed by atoms with van der Waals surface area (Å²) in [4.78, 5) is 24.3. The summed E-state index contributed by atoms with van der Waals surface area (Å²) in [6.45, 7) is 6.94. The van der Waals surface area contributed by atoms with Gasteiger partial charge in [-0.2, -0.15) is 0 Å². The van der Waals surface area contributed by atoms with Crippen molar-refractivity contribution in [3.63, 3.8) is 0 Å². The summed E-state index contributed by atoms with van der Waals surface area (Å²) in [7, 11) is 1.40. The normalized spacial score (nSPS) is 52.5. The fraction of sp³-hybridized carbons (Fsp3) is 0.895. The summed E-state index contributed by atoms with van der Waals surface area (Å²) in [5.41, 5.74) is -1.89. The van der Waals surface area contributed by atoms with Crippen molar-refractivity contribution in [3.8, 4) is 0 Å². The van der Waals surface area contributed by atoms with E-state index in [-0.39, 0.29) is 29.1 Å². The molecule has 18 atom stereocenters. The number of rotatable bonds is 8. The fourth-order valence-electron chi connectivity index (χ4n) is 11.9. The van der Waals surface area contributed by atoms with Crippen LogP contribution in [0.1, 0.15) is 85.5 Å². The van der Waals surface area contributed by atoms with Crippen molar-refractivity contribution in [2.24, 2.45) is 28.6 Å². The SMILES string of the molecule is COC1C(OC2OC(CO)C(O)C(O)C2O)C(C)OC(OC2CCC3(C)C4CCC5(C)C(C6=CC(=O)OC6)CCC5(O)C4CCC3(O)C2)C1OC(C)=O. The Morgan fingerprint density at radius 3 is 2.25 bits per heavy atom. The van der Waals surface area contributed by atoms with Gasteiger partial charge in [-0.05, 0) is 87.0 Å². The summed E-state index contributed by atoms with van der Waals surface area (Å²) in [6, 6.07) is 0. The molecule has 300 valence electrons. The molecule has 2 saturated heterocycles. The number of methoxy groups -OCH3 is 1. The smallest absolute Gasteiger partial charge is 0.331 e. The van der Waals surface area contributed by atoms with Gasteiger partial charge in [0.15, 0.2) is 18.7 Å². The van der Waals surface area contributed by atoms with Crippen molar-refractivity contribution in [2.75, 3.05) is 20.3 Å². The van der Waals surface area contributed by atoms with Gasteiger partial charge in [0.05, 0.1) is 30.0 Å². The first kappa shape index (κ1) is 39.5. The third-order valence-corrected chi connectivity index (χ3v) is 14.8. The predicted octanol–water partition coefficient (Wildman–Crippen LogP) is 0.620. The van der Waals surface area contributed by atoms with E-state index in [1.807, 2.05) is 0 Å². The topological polar surface area (TPSA) is 220 Å². The maximum absolute atomic E-state index is 12.6. The van der Waals surface area contributed by atoms with Gasteiger partial charge in [-0.15, -0.1) is 0 Å². The molecule has 3 heterocycles. The van der Waals surface area contributed by atoms with E-state index in [1.165, 1.54) is 14.0 Å². The molecule has 6 fully saturated rings. The Kier molecular flexibility index (Phi) is 10.7. The standard InChI is InChI=1S/C38H58O15/c1-18-30(53-33-29(44)28(43)27(42)25(16-39)52-33)31(47-5)32(50-19(2)40)34(49-18)51-21-6-10-35(3)23-7-11-36(4)22(20-14-26(41)48-17-20)9-13-38(36,46)24(23)8-12-37(35,45)15-21/h14,18,21-25,27-34,39,42-46H,6-13,15-17H2,1-5H3. The first-order valence-electron chi connectivity index (χ1n) is 19.3. The van der Waals surface area contributed by atoms with E-state index < -0.39 is 96.7 Å². The van der Waals surface area contributed by atoms with Gasteiger partial charge in [-0.3, -0.25) is 4.79 Å². The lowest BCUT2D eigenvalue weighted by Gasteiger charge is -2.66. The average Bonchev–Trinajstić information content (AvgIpc) is 3.66. The second-order valence-electron chi connectivity index (χ2n) is 17.3. The van der Waals surface area contributed by atoms with Gasteiger partial charge in [0, 0.05) is 31.9 Å². The first-order chi connectivity index (χ1) is 25.0. The van der Waals surface area contributed by atoms with Crippen molar-refractivity contribution in [3.05, 3.63) is 11.6 Å². The monoisotopic (exact) mass is 754 g/mol. The van der Waals surface area contributed by atoms with Crippen LogP contribution >= 0.6 is 0 Å². The molecular formula is C38H58O15. The molecule has 7 rings (SSSR count). The van der Waals surface area contributed by atoms with E-state index >= 15 is 0 Å². The Balaban J connectivity index is 1.05. The van der Waals surface area contributed by atoms with E-state index in [0.29, 0.717) is 45.1 Å². The van der Waals surface area contributed by atoms with Gasteiger partial charge >= 0.3 is 11.9 Å². The van der Waals surface area contributed by atoms with Crippen LogP contribution in [0.5, 0.6) is 0 Å². The molecule has 0 amide bonds. The zero-order valence-corrected chi connectivity index (χ0v) is 31.3. The largest absolute Gasteiger partial charge is 0.458 e. The molecule has 4 saturated carbocycles. The van der Waals surface area contributed by atoms with Crippen LogP contribution in [0.3, 0.4) is 0 Å². The van der Waals surface area contributed by atoms with Gasteiger partial charge in [-0.1, -0.05) is 13.8 Å². The van der Waals surface area contributed by atoms with Gasteiger partial charge in [0.1, 0.15) is 43.2 Å². The number of hydrogen-bond acceptors (Lipinski definition) is 15. The summed E-state index contributed by atoms with van der Waals surface area (Å²) in [6.07, 6.45) is -5.57. The molecule has 0 bridgehead atoms. The Morgan fingerprint density at radius 2 is 1.58 bits per heavy atom. The molecule has 18 unspecified atom stereocenters. The van der Waals surface area contributed by atoms with Crippen molar-refractivity contribution in [1.82, 2.24) is 0 Å². The number of fused-ring (bicyclic) bond motifs is 5. The van der Waals surface area contributed by atoms with Crippen LogP contribution in [0.2, 0.25) is 0 Å². The lowest BCUT2D eigenvalue weighted by atomic mass is 9.42. The lowest BCUT2D eigenvalue weighted by molar-refractivity contribution is -0.364. The molecule has 7 aliphatic rings. The van der Waals surface area contributed by atoms with Crippen LogP contribution in [0.4, 0.5) is 0 Å². The quantitative estimate of drug-likeness (QED) is 0.148. The highest BCUT2D eigenvalue weighted by atomic mass is 16.8. The number of hydrogen-bond donors (Lipinski definition) is 6. The summed E-state index contributed by atoms with van der Waals surface area (Å²) >= 11 is 0. The van der Waals surface area contributed by atoms with E-state index in [0.717, 1.165) is 24.8 Å². The van der Waals surface area contributed by atoms with Crippen LogP contribution in [0, 0.1) is 28.6 Å². The Morgan fingerprint density at radius 1 is 0.868 bits per heavy atom. The predicted molar refractivity (Wildman–Crippen MR) is 181 cm³/mol. The third-order valence-electron chi connectivity index (χ3n) is 14.8. The molecular weight excluding hydrogens is 696 g/mol. The molecule has 0 aromatic heterocycles. The zero-order chi connectivity index (χ0) is 38.2. The van der Waals surface area contributed by atoms with Gasteiger partial charge in [0.2, 0.25) is 0 Å². The van der Waals surface area contributed by atoms with Crippen LogP contribution in [0.15, 0.2) is 11.6 Å². The molecule has 15 nitrogen and oxygen atoms in total. The summed E-state index contributed by atoms with van der Waals surface area (Å²) in [5, 5.41) is 65.9. The number of ether oxygens (including phenoxy) is 7. The molecule has 0 aromatic rings. The number of aliphatic hydroxyl groups excluding tert-OH is 4. The van der Waals surface area contributed by atoms with Crippen LogP contribution in [-0.2, 0) is 42.7 Å². The number of esters is 2. The third kappa shape index (κ3) is 6.30. The Hall–Kier alpha value is -1.76. The van der Waals surface area contributed by atoms with E-state index in [9.17, 15) is 40.2 Å². The second-order valence-corrected chi connectivity index (χ2v) is 17.3. The number of carbonyl (C=O) groups excluding carboxylic acids is 2. The molecule has 15 heteroatoms. The van der Waals surface area contributed by atoms with Crippen LogP contribution in [-0.4, -0.2) is 142 Å². The van der Waals surface area contributed by atoms with Crippen molar-refractivity contribution in [2.45, 2.75) is 164 Å². The average molecular weight is 755 g/mol. The highest BCUT2D eigenvalue weighted by Gasteiger charge is 2.70. The summed E-state index contributed by atoms with van der Waals surface area (Å²) in [5.74, 6) is -0.755. The van der Waals surface area contributed by atoms with Gasteiger partial charge in [-0.25, -0.2) is 4.79 Å².